The lowest BCUT2D eigenvalue weighted by atomic mass is 9.92. The molecule has 2 rings (SSSR count). The zero-order valence-corrected chi connectivity index (χ0v) is 13.5. The second-order valence-electron chi connectivity index (χ2n) is 5.01. The van der Waals surface area contributed by atoms with Gasteiger partial charge < -0.3 is 19.3 Å². The highest BCUT2D eigenvalue weighted by Gasteiger charge is 2.24. The molecule has 1 atom stereocenters. The molecule has 0 saturated heterocycles. The molecular weight excluding hydrogens is 280 g/mol. The SMILES string of the molecule is C=CCc1c(C(C)O)c(OC)c2c(OC)cccc2c1OC. The van der Waals surface area contributed by atoms with Gasteiger partial charge in [0.25, 0.3) is 0 Å². The summed E-state index contributed by atoms with van der Waals surface area (Å²) in [5.41, 5.74) is 1.58. The molecule has 22 heavy (non-hydrogen) atoms. The molecular formula is C18H22O4. The molecule has 0 aromatic heterocycles. The number of hydrogen-bond acceptors (Lipinski definition) is 4. The van der Waals surface area contributed by atoms with Crippen molar-refractivity contribution in [3.63, 3.8) is 0 Å². The van der Waals surface area contributed by atoms with Crippen LogP contribution in [0.4, 0.5) is 0 Å². The number of hydrogen-bond donors (Lipinski definition) is 1. The number of ether oxygens (including phenoxy) is 3. The number of benzene rings is 2. The molecule has 4 nitrogen and oxygen atoms in total. The first-order valence-corrected chi connectivity index (χ1v) is 7.13. The van der Waals surface area contributed by atoms with Crippen LogP contribution in [0.5, 0.6) is 17.2 Å². The summed E-state index contributed by atoms with van der Waals surface area (Å²) in [7, 11) is 4.83. The topological polar surface area (TPSA) is 47.9 Å². The van der Waals surface area contributed by atoms with Gasteiger partial charge in [-0.2, -0.15) is 0 Å². The maximum Gasteiger partial charge on any atom is 0.136 e. The molecule has 0 aliphatic carbocycles. The van der Waals surface area contributed by atoms with Gasteiger partial charge in [-0.3, -0.25) is 0 Å². The highest BCUT2D eigenvalue weighted by atomic mass is 16.5. The van der Waals surface area contributed by atoms with E-state index >= 15 is 0 Å². The minimum absolute atomic E-state index is 0.576. The number of allylic oxidation sites excluding steroid dienone is 1. The van der Waals surface area contributed by atoms with E-state index in [0.717, 1.165) is 16.3 Å². The Morgan fingerprint density at radius 2 is 1.82 bits per heavy atom. The van der Waals surface area contributed by atoms with Crippen molar-refractivity contribution < 1.29 is 19.3 Å². The largest absolute Gasteiger partial charge is 0.496 e. The van der Waals surface area contributed by atoms with Crippen LogP contribution in [-0.2, 0) is 6.42 Å². The average molecular weight is 302 g/mol. The molecule has 0 saturated carbocycles. The summed E-state index contributed by atoms with van der Waals surface area (Å²) in [5, 5.41) is 12.0. The van der Waals surface area contributed by atoms with E-state index in [1.54, 1.807) is 34.3 Å². The van der Waals surface area contributed by atoms with Gasteiger partial charge in [0.05, 0.1) is 32.8 Å². The monoisotopic (exact) mass is 302 g/mol. The maximum atomic E-state index is 10.3. The van der Waals surface area contributed by atoms with Crippen LogP contribution >= 0.6 is 0 Å². The smallest absolute Gasteiger partial charge is 0.136 e. The van der Waals surface area contributed by atoms with Crippen LogP contribution in [0.2, 0.25) is 0 Å². The summed E-state index contributed by atoms with van der Waals surface area (Å²) < 4.78 is 16.7. The van der Waals surface area contributed by atoms with E-state index in [1.807, 2.05) is 18.2 Å². The van der Waals surface area contributed by atoms with Crippen LogP contribution in [0.1, 0.15) is 24.2 Å². The normalized spacial score (nSPS) is 12.0. The standard InChI is InChI=1S/C18H22O4/c1-6-8-12-15(11(2)19)18(22-5)16-13(17(12)21-4)9-7-10-14(16)20-3/h6-7,9-11,19H,1,8H2,2-5H3. The van der Waals surface area contributed by atoms with Gasteiger partial charge in [-0.1, -0.05) is 18.2 Å². The first-order chi connectivity index (χ1) is 10.6. The van der Waals surface area contributed by atoms with Crippen molar-refractivity contribution >= 4 is 10.8 Å². The molecule has 118 valence electrons. The van der Waals surface area contributed by atoms with Gasteiger partial charge in [-0.25, -0.2) is 0 Å². The van der Waals surface area contributed by atoms with E-state index in [4.69, 9.17) is 14.2 Å². The molecule has 0 fully saturated rings. The molecule has 2 aromatic carbocycles. The number of methoxy groups -OCH3 is 3. The molecule has 0 aliphatic rings. The van der Waals surface area contributed by atoms with E-state index in [0.29, 0.717) is 29.2 Å². The molecule has 0 amide bonds. The van der Waals surface area contributed by atoms with Crippen molar-refractivity contribution in [2.75, 3.05) is 21.3 Å². The fourth-order valence-corrected chi connectivity index (χ4v) is 2.92. The second kappa shape index (κ2) is 6.71. The van der Waals surface area contributed by atoms with Crippen LogP contribution in [0.15, 0.2) is 30.9 Å². The van der Waals surface area contributed by atoms with Crippen molar-refractivity contribution in [1.82, 2.24) is 0 Å². The van der Waals surface area contributed by atoms with E-state index in [-0.39, 0.29) is 0 Å². The average Bonchev–Trinajstić information content (AvgIpc) is 2.52. The third-order valence-corrected chi connectivity index (χ3v) is 3.74. The van der Waals surface area contributed by atoms with Crippen LogP contribution < -0.4 is 14.2 Å². The molecule has 2 aromatic rings. The van der Waals surface area contributed by atoms with Crippen LogP contribution in [0.25, 0.3) is 10.8 Å². The van der Waals surface area contributed by atoms with Crippen molar-refractivity contribution in [3.05, 3.63) is 42.0 Å². The number of aliphatic hydroxyl groups excluding tert-OH is 1. The highest BCUT2D eigenvalue weighted by Crippen LogP contribution is 2.47. The zero-order valence-electron chi connectivity index (χ0n) is 13.5. The van der Waals surface area contributed by atoms with E-state index in [9.17, 15) is 5.11 Å². The molecule has 0 bridgehead atoms. The minimum atomic E-state index is -0.701. The molecule has 0 spiro atoms. The lowest BCUT2D eigenvalue weighted by Gasteiger charge is -2.22. The predicted octanol–water partition coefficient (Wildman–Crippen LogP) is 3.65. The number of fused-ring (bicyclic) bond motifs is 1. The highest BCUT2D eigenvalue weighted by molar-refractivity contribution is 6.00. The fourth-order valence-electron chi connectivity index (χ4n) is 2.92. The van der Waals surface area contributed by atoms with Gasteiger partial charge in [-0.05, 0) is 19.4 Å². The minimum Gasteiger partial charge on any atom is -0.496 e. The van der Waals surface area contributed by atoms with E-state index in [2.05, 4.69) is 6.58 Å². The van der Waals surface area contributed by atoms with Crippen LogP contribution in [0, 0.1) is 0 Å². The maximum absolute atomic E-state index is 10.3. The van der Waals surface area contributed by atoms with Gasteiger partial charge in [0.1, 0.15) is 17.2 Å². The number of aliphatic hydroxyl groups is 1. The van der Waals surface area contributed by atoms with Gasteiger partial charge in [0.15, 0.2) is 0 Å². The molecule has 0 aliphatic heterocycles. The quantitative estimate of drug-likeness (QED) is 0.828. The Bertz CT molecular complexity index is 689. The Balaban J connectivity index is 3.05. The summed E-state index contributed by atoms with van der Waals surface area (Å²) in [6.45, 7) is 5.51. The molecule has 0 radical (unpaired) electrons. The summed E-state index contributed by atoms with van der Waals surface area (Å²) in [6, 6.07) is 5.73. The lowest BCUT2D eigenvalue weighted by molar-refractivity contribution is 0.193. The van der Waals surface area contributed by atoms with Crippen LogP contribution in [-0.4, -0.2) is 26.4 Å². The third kappa shape index (κ3) is 2.50. The second-order valence-corrected chi connectivity index (χ2v) is 5.01. The third-order valence-electron chi connectivity index (χ3n) is 3.74. The molecule has 4 heteroatoms. The van der Waals surface area contributed by atoms with Gasteiger partial charge >= 0.3 is 0 Å². The fraction of sp³-hybridized carbons (Fsp3) is 0.333. The van der Waals surface area contributed by atoms with Crippen LogP contribution in [0.3, 0.4) is 0 Å². The predicted molar refractivity (Wildman–Crippen MR) is 88.1 cm³/mol. The zero-order chi connectivity index (χ0) is 16.3. The van der Waals surface area contributed by atoms with E-state index in [1.165, 1.54) is 0 Å². The van der Waals surface area contributed by atoms with Gasteiger partial charge in [0, 0.05) is 16.5 Å². The summed E-state index contributed by atoms with van der Waals surface area (Å²) in [6.07, 6.45) is 1.66. The summed E-state index contributed by atoms with van der Waals surface area (Å²) >= 11 is 0. The van der Waals surface area contributed by atoms with Gasteiger partial charge in [-0.15, -0.1) is 6.58 Å². The van der Waals surface area contributed by atoms with Gasteiger partial charge in [0.2, 0.25) is 0 Å². The first-order valence-electron chi connectivity index (χ1n) is 7.13. The molecule has 1 N–H and O–H groups in total. The number of rotatable bonds is 6. The van der Waals surface area contributed by atoms with E-state index < -0.39 is 6.10 Å². The Morgan fingerprint density at radius 3 is 2.32 bits per heavy atom. The first kappa shape index (κ1) is 16.2. The Morgan fingerprint density at radius 1 is 1.14 bits per heavy atom. The molecule has 1 unspecified atom stereocenters. The van der Waals surface area contributed by atoms with Crippen molar-refractivity contribution in [1.29, 1.82) is 0 Å². The van der Waals surface area contributed by atoms with Crippen molar-refractivity contribution in [2.45, 2.75) is 19.4 Å². The Kier molecular flexibility index (Phi) is 4.93. The summed E-state index contributed by atoms with van der Waals surface area (Å²) in [5.74, 6) is 2.00. The lowest BCUT2D eigenvalue weighted by Crippen LogP contribution is -2.06. The van der Waals surface area contributed by atoms with Crippen molar-refractivity contribution in [2.24, 2.45) is 0 Å². The van der Waals surface area contributed by atoms with Crippen molar-refractivity contribution in [3.8, 4) is 17.2 Å². The summed E-state index contributed by atoms with van der Waals surface area (Å²) in [4.78, 5) is 0. The Labute approximate surface area is 130 Å². The Hall–Kier alpha value is -2.20. The molecule has 0 heterocycles.